The van der Waals surface area contributed by atoms with Crippen molar-refractivity contribution in [3.05, 3.63) is 35.9 Å². The number of amides is 1. The summed E-state index contributed by atoms with van der Waals surface area (Å²) in [6.45, 7) is 2.22. The number of carbonyl (C=O) groups excluding carboxylic acids is 1. The van der Waals surface area contributed by atoms with E-state index in [-0.39, 0.29) is 5.91 Å². The van der Waals surface area contributed by atoms with Crippen molar-refractivity contribution in [2.24, 2.45) is 10.7 Å². The third-order valence-corrected chi connectivity index (χ3v) is 2.67. The lowest BCUT2D eigenvalue weighted by Crippen LogP contribution is -2.48. The largest absolute Gasteiger partial charge is 0.383 e. The summed E-state index contributed by atoms with van der Waals surface area (Å²) >= 11 is 0. The van der Waals surface area contributed by atoms with Gasteiger partial charge in [-0.15, -0.1) is 0 Å². The van der Waals surface area contributed by atoms with Gasteiger partial charge in [0.25, 0.3) is 0 Å². The van der Waals surface area contributed by atoms with Gasteiger partial charge in [-0.1, -0.05) is 30.3 Å². The van der Waals surface area contributed by atoms with E-state index in [9.17, 15) is 4.79 Å². The van der Waals surface area contributed by atoms with Gasteiger partial charge in [-0.25, -0.2) is 4.99 Å². The number of aliphatic imine (C=N–C) groups is 1. The molecule has 1 aliphatic rings. The summed E-state index contributed by atoms with van der Waals surface area (Å²) in [6, 6.07) is 9.55. The molecule has 2 rings (SSSR count). The van der Waals surface area contributed by atoms with Gasteiger partial charge in [0.1, 0.15) is 12.5 Å². The number of hydrogen-bond acceptors (Lipinski definition) is 3. The highest BCUT2D eigenvalue weighted by Crippen LogP contribution is 1.99. The molecule has 1 aromatic rings. The Kier molecular flexibility index (Phi) is 3.72. The van der Waals surface area contributed by atoms with Gasteiger partial charge >= 0.3 is 0 Å². The van der Waals surface area contributed by atoms with Crippen LogP contribution >= 0.6 is 0 Å². The second-order valence-electron chi connectivity index (χ2n) is 3.88. The topological polar surface area (TPSA) is 70.7 Å². The van der Waals surface area contributed by atoms with Crippen LogP contribution in [0.2, 0.25) is 0 Å². The van der Waals surface area contributed by atoms with E-state index in [0.29, 0.717) is 25.6 Å². The number of amidine groups is 1. The Bertz CT molecular complexity index is 416. The summed E-state index contributed by atoms with van der Waals surface area (Å²) in [7, 11) is 0. The molecule has 0 radical (unpaired) electrons. The second-order valence-corrected chi connectivity index (χ2v) is 3.88. The normalized spacial score (nSPS) is 17.3. The van der Waals surface area contributed by atoms with Crippen LogP contribution in [-0.4, -0.2) is 42.9 Å². The molecule has 17 heavy (non-hydrogen) atoms. The predicted octanol–water partition coefficient (Wildman–Crippen LogP) is -0.219. The fourth-order valence-electron chi connectivity index (χ4n) is 1.66. The van der Waals surface area contributed by atoms with Crippen molar-refractivity contribution in [1.29, 1.82) is 0 Å². The molecule has 1 fully saturated rings. The van der Waals surface area contributed by atoms with E-state index < -0.39 is 0 Å². The predicted molar refractivity (Wildman–Crippen MR) is 66.6 cm³/mol. The Balaban J connectivity index is 1.98. The van der Waals surface area contributed by atoms with Crippen LogP contribution < -0.4 is 11.1 Å². The molecule has 0 unspecified atom stereocenters. The SMILES string of the molecule is NC(=NCN1CCNCC1=O)c1ccccc1. The molecular weight excluding hydrogens is 216 g/mol. The molecule has 0 saturated carbocycles. The van der Waals surface area contributed by atoms with Crippen molar-refractivity contribution in [2.45, 2.75) is 0 Å². The lowest BCUT2D eigenvalue weighted by molar-refractivity contribution is -0.131. The summed E-state index contributed by atoms with van der Waals surface area (Å²) in [6.07, 6.45) is 0. The summed E-state index contributed by atoms with van der Waals surface area (Å²) in [5.74, 6) is 0.540. The van der Waals surface area contributed by atoms with Crippen molar-refractivity contribution in [1.82, 2.24) is 10.2 Å². The maximum absolute atomic E-state index is 11.5. The van der Waals surface area contributed by atoms with E-state index in [2.05, 4.69) is 10.3 Å². The Hall–Kier alpha value is -1.88. The standard InChI is InChI=1S/C12H16N4O/c13-12(10-4-2-1-3-5-10)15-9-16-7-6-14-8-11(16)17/h1-5,14H,6-9H2,(H2,13,15). The van der Waals surface area contributed by atoms with Crippen molar-refractivity contribution < 1.29 is 4.79 Å². The van der Waals surface area contributed by atoms with Gasteiger partial charge in [-0.05, 0) is 0 Å². The first kappa shape index (κ1) is 11.6. The minimum absolute atomic E-state index is 0.0702. The van der Waals surface area contributed by atoms with E-state index in [1.165, 1.54) is 0 Å². The molecule has 1 amide bonds. The molecule has 0 aliphatic carbocycles. The lowest BCUT2D eigenvalue weighted by Gasteiger charge is -2.25. The molecule has 90 valence electrons. The Labute approximate surface area is 100 Å². The second kappa shape index (κ2) is 5.45. The molecule has 5 heteroatoms. The van der Waals surface area contributed by atoms with Gasteiger partial charge in [0.2, 0.25) is 5.91 Å². The van der Waals surface area contributed by atoms with Gasteiger partial charge in [0.05, 0.1) is 6.54 Å². The van der Waals surface area contributed by atoms with Gasteiger partial charge in [0, 0.05) is 18.7 Å². The van der Waals surface area contributed by atoms with Crippen LogP contribution in [0.1, 0.15) is 5.56 Å². The Morgan fingerprint density at radius 2 is 2.18 bits per heavy atom. The first-order valence-electron chi connectivity index (χ1n) is 5.61. The number of piperazine rings is 1. The van der Waals surface area contributed by atoms with E-state index in [4.69, 9.17) is 5.73 Å². The molecular formula is C12H16N4O. The monoisotopic (exact) mass is 232 g/mol. The maximum Gasteiger partial charge on any atom is 0.238 e. The quantitative estimate of drug-likeness (QED) is 0.559. The molecule has 1 aliphatic heterocycles. The van der Waals surface area contributed by atoms with E-state index in [1.807, 2.05) is 30.3 Å². The average Bonchev–Trinajstić information content (AvgIpc) is 2.38. The maximum atomic E-state index is 11.5. The zero-order valence-corrected chi connectivity index (χ0v) is 9.60. The van der Waals surface area contributed by atoms with Crippen LogP contribution in [0.4, 0.5) is 0 Å². The smallest absolute Gasteiger partial charge is 0.238 e. The highest BCUT2D eigenvalue weighted by Gasteiger charge is 2.16. The van der Waals surface area contributed by atoms with Gasteiger partial charge in [-0.3, -0.25) is 4.79 Å². The van der Waals surface area contributed by atoms with Gasteiger partial charge in [0.15, 0.2) is 0 Å². The number of rotatable bonds is 3. The molecule has 1 heterocycles. The molecule has 0 aromatic heterocycles. The number of nitrogens with zero attached hydrogens (tertiary/aromatic N) is 2. The Morgan fingerprint density at radius 3 is 2.88 bits per heavy atom. The number of nitrogens with two attached hydrogens (primary N) is 1. The first-order chi connectivity index (χ1) is 8.27. The Morgan fingerprint density at radius 1 is 1.41 bits per heavy atom. The number of nitrogens with one attached hydrogen (secondary N) is 1. The fourth-order valence-corrected chi connectivity index (χ4v) is 1.66. The molecule has 0 spiro atoms. The molecule has 3 N–H and O–H groups in total. The van der Waals surface area contributed by atoms with Crippen LogP contribution in [0.5, 0.6) is 0 Å². The molecule has 1 aromatic carbocycles. The zero-order chi connectivity index (χ0) is 12.1. The highest BCUT2D eigenvalue weighted by molar-refractivity contribution is 5.97. The van der Waals surface area contributed by atoms with E-state index >= 15 is 0 Å². The average molecular weight is 232 g/mol. The molecule has 1 saturated heterocycles. The summed E-state index contributed by atoms with van der Waals surface area (Å²) in [5.41, 5.74) is 6.74. The third kappa shape index (κ3) is 3.04. The van der Waals surface area contributed by atoms with E-state index in [0.717, 1.165) is 12.1 Å². The van der Waals surface area contributed by atoms with Crippen LogP contribution in [0.15, 0.2) is 35.3 Å². The van der Waals surface area contributed by atoms with Crippen molar-refractivity contribution >= 4 is 11.7 Å². The van der Waals surface area contributed by atoms with Crippen LogP contribution in [-0.2, 0) is 4.79 Å². The third-order valence-electron chi connectivity index (χ3n) is 2.67. The fraction of sp³-hybridized carbons (Fsp3) is 0.333. The summed E-state index contributed by atoms with van der Waals surface area (Å²) < 4.78 is 0. The van der Waals surface area contributed by atoms with E-state index in [1.54, 1.807) is 4.90 Å². The van der Waals surface area contributed by atoms with Crippen molar-refractivity contribution in [3.63, 3.8) is 0 Å². The van der Waals surface area contributed by atoms with Crippen molar-refractivity contribution in [2.75, 3.05) is 26.3 Å². The minimum atomic E-state index is 0.0702. The molecule has 0 bridgehead atoms. The zero-order valence-electron chi connectivity index (χ0n) is 9.60. The van der Waals surface area contributed by atoms with Crippen LogP contribution in [0.3, 0.4) is 0 Å². The highest BCUT2D eigenvalue weighted by atomic mass is 16.2. The first-order valence-corrected chi connectivity index (χ1v) is 5.61. The van der Waals surface area contributed by atoms with Gasteiger partial charge < -0.3 is 16.0 Å². The summed E-state index contributed by atoms with van der Waals surface area (Å²) in [5, 5.41) is 3.01. The molecule has 0 atom stereocenters. The number of carbonyl (C=O) groups is 1. The van der Waals surface area contributed by atoms with Crippen LogP contribution in [0.25, 0.3) is 0 Å². The number of benzene rings is 1. The van der Waals surface area contributed by atoms with Gasteiger partial charge in [-0.2, -0.15) is 0 Å². The van der Waals surface area contributed by atoms with Crippen LogP contribution in [0, 0.1) is 0 Å². The minimum Gasteiger partial charge on any atom is -0.383 e. The summed E-state index contributed by atoms with van der Waals surface area (Å²) in [4.78, 5) is 17.4. The lowest BCUT2D eigenvalue weighted by atomic mass is 10.2. The number of hydrogen-bond donors (Lipinski definition) is 2. The van der Waals surface area contributed by atoms with Crippen molar-refractivity contribution in [3.8, 4) is 0 Å². The molecule has 5 nitrogen and oxygen atoms in total.